The summed E-state index contributed by atoms with van der Waals surface area (Å²) in [5.74, 6) is -3.75. The van der Waals surface area contributed by atoms with Crippen molar-refractivity contribution in [1.82, 2.24) is 5.06 Å². The average molecular weight is 469 g/mol. The van der Waals surface area contributed by atoms with Crippen LogP contribution in [0.2, 0.25) is 0 Å². The number of hydroxylamine groups is 2. The van der Waals surface area contributed by atoms with Gasteiger partial charge in [-0.25, -0.2) is 4.79 Å². The predicted octanol–water partition coefficient (Wildman–Crippen LogP) is 2.58. The van der Waals surface area contributed by atoms with E-state index < -0.39 is 45.2 Å². The van der Waals surface area contributed by atoms with Gasteiger partial charge in [0.2, 0.25) is 0 Å². The van der Waals surface area contributed by atoms with Gasteiger partial charge in [0.15, 0.2) is 0 Å². The van der Waals surface area contributed by atoms with Crippen molar-refractivity contribution in [2.45, 2.75) is 55.8 Å². The number of halogens is 2. The van der Waals surface area contributed by atoms with E-state index in [2.05, 4.69) is 4.28 Å². The molecule has 0 N–H and O–H groups in total. The van der Waals surface area contributed by atoms with Gasteiger partial charge in [-0.15, -0.1) is 9.35 Å². The molecule has 4 saturated carbocycles. The number of esters is 1. The van der Waals surface area contributed by atoms with Crippen LogP contribution in [-0.4, -0.2) is 42.1 Å². The van der Waals surface area contributed by atoms with Gasteiger partial charge < -0.3 is 4.74 Å². The lowest BCUT2D eigenvalue weighted by Crippen LogP contribution is -2.56. The van der Waals surface area contributed by atoms with E-state index in [9.17, 15) is 31.6 Å². The third-order valence-corrected chi connectivity index (χ3v) is 8.16. The Hall–Kier alpha value is -2.40. The highest BCUT2D eigenvalue weighted by molar-refractivity contribution is 7.88. The van der Waals surface area contributed by atoms with Crippen molar-refractivity contribution >= 4 is 27.9 Å². The van der Waals surface area contributed by atoms with E-state index in [4.69, 9.17) is 4.74 Å². The molecule has 172 valence electrons. The van der Waals surface area contributed by atoms with E-state index in [1.165, 1.54) is 18.2 Å². The standard InChI is InChI=1S/C21H21F2NO7S/c22-21(23,19(27)30-20-9-12-5-13(10-20)7-14(6-12)11-20)32(28,29)31-24-17(25)8-15-3-1-2-4-16(15)18(24)26/h1-4,12-14H,5-11H2. The molecule has 0 aromatic heterocycles. The SMILES string of the molecule is O=C1Cc2ccccc2C(=O)N1OS(=O)(=O)C(F)(F)C(=O)OC12CC3CC(CC(C3)C1)C2. The second kappa shape index (κ2) is 7.05. The van der Waals surface area contributed by atoms with Crippen molar-refractivity contribution in [3.8, 4) is 0 Å². The fraction of sp³-hybridized carbons (Fsp3) is 0.571. The van der Waals surface area contributed by atoms with Gasteiger partial charge in [-0.2, -0.15) is 17.2 Å². The Labute approximate surface area is 182 Å². The molecule has 6 rings (SSSR count). The topological polar surface area (TPSA) is 107 Å². The predicted molar refractivity (Wildman–Crippen MR) is 103 cm³/mol. The smallest absolute Gasteiger partial charge is 0.454 e. The van der Waals surface area contributed by atoms with E-state index >= 15 is 0 Å². The van der Waals surface area contributed by atoms with Crippen LogP contribution >= 0.6 is 0 Å². The van der Waals surface area contributed by atoms with Crippen LogP contribution in [0.4, 0.5) is 8.78 Å². The molecule has 11 heteroatoms. The van der Waals surface area contributed by atoms with Gasteiger partial charge in [0.25, 0.3) is 11.8 Å². The van der Waals surface area contributed by atoms with Crippen LogP contribution in [0.1, 0.15) is 54.4 Å². The van der Waals surface area contributed by atoms with E-state index in [0.717, 1.165) is 19.3 Å². The Morgan fingerprint density at radius 3 is 2.19 bits per heavy atom. The minimum absolute atomic E-state index is 0.0539. The number of carbonyl (C=O) groups is 3. The summed E-state index contributed by atoms with van der Waals surface area (Å²) in [7, 11) is -6.03. The molecule has 1 aliphatic heterocycles. The van der Waals surface area contributed by atoms with Crippen LogP contribution < -0.4 is 0 Å². The monoisotopic (exact) mass is 469 g/mol. The molecular formula is C21H21F2NO7S. The number of rotatable bonds is 5. The van der Waals surface area contributed by atoms with Gasteiger partial charge in [-0.3, -0.25) is 9.59 Å². The molecule has 32 heavy (non-hydrogen) atoms. The van der Waals surface area contributed by atoms with Gasteiger partial charge in [-0.1, -0.05) is 18.2 Å². The number of fused-ring (bicyclic) bond motifs is 1. The second-order valence-electron chi connectivity index (χ2n) is 9.36. The van der Waals surface area contributed by atoms with Gasteiger partial charge in [0, 0.05) is 5.56 Å². The molecule has 1 aromatic rings. The van der Waals surface area contributed by atoms with Crippen LogP contribution in [0.5, 0.6) is 0 Å². The Morgan fingerprint density at radius 1 is 1.03 bits per heavy atom. The molecule has 5 aliphatic rings. The van der Waals surface area contributed by atoms with Gasteiger partial charge in [0.05, 0.1) is 6.42 Å². The summed E-state index contributed by atoms with van der Waals surface area (Å²) in [5.41, 5.74) is -0.838. The van der Waals surface area contributed by atoms with E-state index in [1.807, 2.05) is 0 Å². The minimum Gasteiger partial charge on any atom is -0.454 e. The van der Waals surface area contributed by atoms with Crippen molar-refractivity contribution < 1.29 is 40.6 Å². The van der Waals surface area contributed by atoms with Gasteiger partial charge in [0.1, 0.15) is 5.60 Å². The number of alkyl halides is 2. The number of carbonyl (C=O) groups excluding carboxylic acids is 3. The minimum atomic E-state index is -6.03. The van der Waals surface area contributed by atoms with Gasteiger partial charge in [-0.05, 0) is 67.9 Å². The normalized spacial score (nSPS) is 31.6. The molecule has 0 saturated heterocycles. The first-order valence-electron chi connectivity index (χ1n) is 10.5. The number of ether oxygens (including phenoxy) is 1. The molecule has 8 nitrogen and oxygen atoms in total. The van der Waals surface area contributed by atoms with Crippen molar-refractivity contribution in [2.75, 3.05) is 0 Å². The zero-order valence-corrected chi connectivity index (χ0v) is 17.8. The Morgan fingerprint density at radius 2 is 1.59 bits per heavy atom. The molecule has 0 unspecified atom stereocenters. The summed E-state index contributed by atoms with van der Waals surface area (Å²) in [4.78, 5) is 37.0. The Balaban J connectivity index is 1.34. The fourth-order valence-electron chi connectivity index (χ4n) is 6.08. The third kappa shape index (κ3) is 3.33. The molecular weight excluding hydrogens is 448 g/mol. The van der Waals surface area contributed by atoms with Crippen LogP contribution in [0.25, 0.3) is 0 Å². The summed E-state index contributed by atoms with van der Waals surface area (Å²) in [6.07, 6.45) is 3.78. The molecule has 4 fully saturated rings. The molecule has 1 aromatic carbocycles. The Kier molecular flexibility index (Phi) is 4.72. The first-order valence-corrected chi connectivity index (χ1v) is 11.9. The average Bonchev–Trinajstić information content (AvgIpc) is 2.69. The van der Waals surface area contributed by atoms with Gasteiger partial charge >= 0.3 is 21.3 Å². The first-order chi connectivity index (χ1) is 15.0. The molecule has 0 atom stereocenters. The summed E-state index contributed by atoms with van der Waals surface area (Å²) in [5, 5.41) is -5.32. The lowest BCUT2D eigenvalue weighted by Gasteiger charge is -2.55. The molecule has 0 radical (unpaired) electrons. The lowest BCUT2D eigenvalue weighted by atomic mass is 9.54. The summed E-state index contributed by atoms with van der Waals surface area (Å²) in [6.45, 7) is 0. The van der Waals surface area contributed by atoms with E-state index in [1.54, 1.807) is 6.07 Å². The Bertz CT molecular complexity index is 1080. The number of amides is 2. The molecule has 2 amide bonds. The number of nitrogens with zero attached hydrogens (tertiary/aromatic N) is 1. The second-order valence-corrected chi connectivity index (χ2v) is 10.9. The highest BCUT2D eigenvalue weighted by Crippen LogP contribution is 2.57. The number of hydrogen-bond donors (Lipinski definition) is 0. The maximum absolute atomic E-state index is 14.7. The molecule has 4 aliphatic carbocycles. The quantitative estimate of drug-likeness (QED) is 0.482. The number of benzene rings is 1. The van der Waals surface area contributed by atoms with Crippen molar-refractivity contribution in [2.24, 2.45) is 17.8 Å². The zero-order chi connectivity index (χ0) is 22.9. The highest BCUT2D eigenvalue weighted by Gasteiger charge is 2.62. The van der Waals surface area contributed by atoms with E-state index in [0.29, 0.717) is 24.8 Å². The van der Waals surface area contributed by atoms with Crippen LogP contribution in [0.15, 0.2) is 24.3 Å². The first kappa shape index (κ1) is 21.4. The van der Waals surface area contributed by atoms with Crippen LogP contribution in [0.3, 0.4) is 0 Å². The fourth-order valence-corrected chi connectivity index (χ4v) is 6.76. The van der Waals surface area contributed by atoms with Crippen LogP contribution in [0, 0.1) is 17.8 Å². The zero-order valence-electron chi connectivity index (χ0n) is 17.0. The number of imide groups is 1. The summed E-state index contributed by atoms with van der Waals surface area (Å²) >= 11 is 0. The lowest BCUT2D eigenvalue weighted by molar-refractivity contribution is -0.202. The summed E-state index contributed by atoms with van der Waals surface area (Å²) in [6, 6.07) is 5.83. The molecule has 0 spiro atoms. The molecule has 1 heterocycles. The van der Waals surface area contributed by atoms with Crippen molar-refractivity contribution in [1.29, 1.82) is 0 Å². The maximum atomic E-state index is 14.7. The van der Waals surface area contributed by atoms with Crippen LogP contribution in [-0.2, 0) is 35.1 Å². The number of hydrogen-bond acceptors (Lipinski definition) is 7. The largest absolute Gasteiger partial charge is 0.468 e. The highest BCUT2D eigenvalue weighted by atomic mass is 32.2. The molecule has 4 bridgehead atoms. The third-order valence-electron chi connectivity index (χ3n) is 7.02. The summed E-state index contributed by atoms with van der Waals surface area (Å²) < 4.78 is 63.5. The maximum Gasteiger partial charge on any atom is 0.468 e. The van der Waals surface area contributed by atoms with Crippen molar-refractivity contribution in [3.05, 3.63) is 35.4 Å². The van der Waals surface area contributed by atoms with Crippen molar-refractivity contribution in [3.63, 3.8) is 0 Å². The van der Waals surface area contributed by atoms with E-state index in [-0.39, 0.29) is 28.4 Å².